The number of nitrogens with zero attached hydrogens (tertiary/aromatic N) is 1. The van der Waals surface area contributed by atoms with Gasteiger partial charge in [0, 0.05) is 25.9 Å². The van der Waals surface area contributed by atoms with E-state index >= 15 is 0 Å². The van der Waals surface area contributed by atoms with E-state index in [0.29, 0.717) is 35.3 Å². The highest BCUT2D eigenvalue weighted by molar-refractivity contribution is 6.44. The van der Waals surface area contributed by atoms with Crippen LogP contribution in [0, 0.1) is 5.92 Å². The lowest BCUT2D eigenvalue weighted by Gasteiger charge is -2.27. The topological polar surface area (TPSA) is 55.6 Å². The maximum Gasteiger partial charge on any atom is 0.255 e. The van der Waals surface area contributed by atoms with Gasteiger partial charge in [0.15, 0.2) is 0 Å². The summed E-state index contributed by atoms with van der Waals surface area (Å²) in [5, 5.41) is 0.544. The van der Waals surface area contributed by atoms with E-state index < -0.39 is 0 Å². The van der Waals surface area contributed by atoms with E-state index in [1.54, 1.807) is 18.0 Å². The predicted octanol–water partition coefficient (Wildman–Crippen LogP) is 3.07. The van der Waals surface area contributed by atoms with Crippen LogP contribution in [-0.2, 0) is 4.74 Å². The summed E-state index contributed by atoms with van der Waals surface area (Å²) in [6.07, 6.45) is 2.11. The summed E-state index contributed by atoms with van der Waals surface area (Å²) in [7, 11) is 1.75. The number of nitrogen functional groups attached to an aromatic ring is 1. The number of ether oxygens (including phenoxy) is 1. The Bertz CT molecular complexity index is 502. The van der Waals surface area contributed by atoms with Crippen molar-refractivity contribution in [1.82, 2.24) is 4.90 Å². The van der Waals surface area contributed by atoms with Crippen molar-refractivity contribution in [3.8, 4) is 0 Å². The Kier molecular flexibility index (Phi) is 5.13. The molecule has 1 aromatic rings. The molecule has 0 saturated carbocycles. The second-order valence-electron chi connectivity index (χ2n) is 5.13. The minimum absolute atomic E-state index is 0.172. The van der Waals surface area contributed by atoms with Crippen LogP contribution in [-0.4, -0.2) is 37.6 Å². The lowest BCUT2D eigenvalue weighted by Crippen LogP contribution is -2.35. The second kappa shape index (κ2) is 6.66. The number of nitrogens with two attached hydrogens (primary N) is 1. The smallest absolute Gasteiger partial charge is 0.255 e. The van der Waals surface area contributed by atoms with Crippen LogP contribution in [0.1, 0.15) is 23.2 Å². The van der Waals surface area contributed by atoms with Gasteiger partial charge in [-0.2, -0.15) is 0 Å². The molecule has 0 spiro atoms. The Morgan fingerprint density at radius 3 is 2.90 bits per heavy atom. The third-order valence-corrected chi connectivity index (χ3v) is 4.22. The number of rotatable bonds is 3. The summed E-state index contributed by atoms with van der Waals surface area (Å²) in [4.78, 5) is 14.1. The van der Waals surface area contributed by atoms with Crippen molar-refractivity contribution in [3.63, 3.8) is 0 Å². The zero-order valence-corrected chi connectivity index (χ0v) is 12.9. The average Bonchev–Trinajstić information content (AvgIpc) is 2.43. The summed E-state index contributed by atoms with van der Waals surface area (Å²) in [6, 6.07) is 3.10. The SMILES string of the molecule is CN(CC1CCCOC1)C(=O)c1cc(N)cc(Cl)c1Cl. The van der Waals surface area contributed by atoms with Gasteiger partial charge in [0.1, 0.15) is 0 Å². The third kappa shape index (κ3) is 3.57. The zero-order valence-electron chi connectivity index (χ0n) is 11.4. The van der Waals surface area contributed by atoms with E-state index in [1.807, 2.05) is 0 Å². The molecule has 1 aliphatic rings. The van der Waals surface area contributed by atoms with Gasteiger partial charge in [-0.05, 0) is 30.9 Å². The molecule has 0 bridgehead atoms. The number of carbonyl (C=O) groups is 1. The highest BCUT2D eigenvalue weighted by atomic mass is 35.5. The maximum absolute atomic E-state index is 12.4. The van der Waals surface area contributed by atoms with Crippen LogP contribution in [0.3, 0.4) is 0 Å². The molecule has 4 nitrogen and oxygen atoms in total. The van der Waals surface area contributed by atoms with Crippen LogP contribution in [0.4, 0.5) is 5.69 Å². The third-order valence-electron chi connectivity index (χ3n) is 3.41. The quantitative estimate of drug-likeness (QED) is 0.872. The van der Waals surface area contributed by atoms with E-state index in [9.17, 15) is 4.79 Å². The van der Waals surface area contributed by atoms with Gasteiger partial charge in [-0.3, -0.25) is 4.79 Å². The summed E-state index contributed by atoms with van der Waals surface area (Å²) < 4.78 is 5.43. The Labute approximate surface area is 128 Å². The van der Waals surface area contributed by atoms with Gasteiger partial charge in [-0.1, -0.05) is 23.2 Å². The number of hydrogen-bond donors (Lipinski definition) is 1. The van der Waals surface area contributed by atoms with Gasteiger partial charge in [-0.15, -0.1) is 0 Å². The van der Waals surface area contributed by atoms with Crippen molar-refractivity contribution in [2.75, 3.05) is 32.5 Å². The standard InChI is InChI=1S/C14H18Cl2N2O2/c1-18(7-9-3-2-4-20-8-9)14(19)11-5-10(17)6-12(15)13(11)16/h5-6,9H,2-4,7-8,17H2,1H3. The molecule has 110 valence electrons. The van der Waals surface area contributed by atoms with Gasteiger partial charge in [0.25, 0.3) is 5.91 Å². The summed E-state index contributed by atoms with van der Waals surface area (Å²) in [5.74, 6) is 0.197. The fourth-order valence-corrected chi connectivity index (χ4v) is 2.81. The van der Waals surface area contributed by atoms with Crippen LogP contribution < -0.4 is 5.73 Å². The van der Waals surface area contributed by atoms with Gasteiger partial charge in [0.05, 0.1) is 22.2 Å². The van der Waals surface area contributed by atoms with Crippen LogP contribution in [0.15, 0.2) is 12.1 Å². The molecule has 1 unspecified atom stereocenters. The molecule has 6 heteroatoms. The van der Waals surface area contributed by atoms with Gasteiger partial charge < -0.3 is 15.4 Å². The van der Waals surface area contributed by atoms with E-state index in [1.165, 1.54) is 6.07 Å². The van der Waals surface area contributed by atoms with Crippen LogP contribution in [0.25, 0.3) is 0 Å². The van der Waals surface area contributed by atoms with Gasteiger partial charge in [-0.25, -0.2) is 0 Å². The van der Waals surface area contributed by atoms with Gasteiger partial charge >= 0.3 is 0 Å². The molecule has 2 N–H and O–H groups in total. The first-order chi connectivity index (χ1) is 9.49. The fraction of sp³-hybridized carbons (Fsp3) is 0.500. The molecular formula is C14H18Cl2N2O2. The molecule has 20 heavy (non-hydrogen) atoms. The van der Waals surface area contributed by atoms with Crippen molar-refractivity contribution in [3.05, 3.63) is 27.7 Å². The lowest BCUT2D eigenvalue weighted by molar-refractivity contribution is 0.0388. The predicted molar refractivity (Wildman–Crippen MR) is 81.4 cm³/mol. The largest absolute Gasteiger partial charge is 0.399 e. The first-order valence-electron chi connectivity index (χ1n) is 6.56. The van der Waals surface area contributed by atoms with E-state index in [-0.39, 0.29) is 10.9 Å². The highest BCUT2D eigenvalue weighted by Gasteiger charge is 2.22. The second-order valence-corrected chi connectivity index (χ2v) is 5.92. The van der Waals surface area contributed by atoms with E-state index in [4.69, 9.17) is 33.7 Å². The Balaban J connectivity index is 2.10. The minimum atomic E-state index is -0.172. The molecule has 0 aliphatic carbocycles. The van der Waals surface area contributed by atoms with Crippen molar-refractivity contribution in [1.29, 1.82) is 0 Å². The van der Waals surface area contributed by atoms with Crippen LogP contribution >= 0.6 is 23.2 Å². The monoisotopic (exact) mass is 316 g/mol. The summed E-state index contributed by atoms with van der Waals surface area (Å²) in [5.41, 5.74) is 6.49. The minimum Gasteiger partial charge on any atom is -0.399 e. The molecule has 1 atom stereocenters. The fourth-order valence-electron chi connectivity index (χ4n) is 2.39. The summed E-state index contributed by atoms with van der Waals surface area (Å²) >= 11 is 12.0. The molecule has 1 aromatic carbocycles. The molecule has 1 aliphatic heterocycles. The number of carbonyl (C=O) groups excluding carboxylic acids is 1. The highest BCUT2D eigenvalue weighted by Crippen LogP contribution is 2.29. The molecular weight excluding hydrogens is 299 g/mol. The number of benzene rings is 1. The Morgan fingerprint density at radius 2 is 2.25 bits per heavy atom. The van der Waals surface area contributed by atoms with Crippen LogP contribution in [0.2, 0.25) is 10.0 Å². The van der Waals surface area contributed by atoms with Crippen molar-refractivity contribution in [2.45, 2.75) is 12.8 Å². The van der Waals surface area contributed by atoms with Crippen LogP contribution in [0.5, 0.6) is 0 Å². The number of halogens is 2. The zero-order chi connectivity index (χ0) is 14.7. The normalized spacial score (nSPS) is 18.9. The molecule has 1 saturated heterocycles. The van der Waals surface area contributed by atoms with Crippen molar-refractivity contribution < 1.29 is 9.53 Å². The Morgan fingerprint density at radius 1 is 1.50 bits per heavy atom. The average molecular weight is 317 g/mol. The first-order valence-corrected chi connectivity index (χ1v) is 7.32. The van der Waals surface area contributed by atoms with Crippen molar-refractivity contribution in [2.24, 2.45) is 5.92 Å². The summed E-state index contributed by atoms with van der Waals surface area (Å²) in [6.45, 7) is 2.15. The number of anilines is 1. The molecule has 0 aromatic heterocycles. The van der Waals surface area contributed by atoms with Gasteiger partial charge in [0.2, 0.25) is 0 Å². The molecule has 1 fully saturated rings. The lowest BCUT2D eigenvalue weighted by atomic mass is 10.0. The van der Waals surface area contributed by atoms with E-state index in [2.05, 4.69) is 0 Å². The number of hydrogen-bond acceptors (Lipinski definition) is 3. The molecule has 0 radical (unpaired) electrons. The molecule has 1 heterocycles. The van der Waals surface area contributed by atoms with E-state index in [0.717, 1.165) is 19.4 Å². The number of amides is 1. The van der Waals surface area contributed by atoms with Crippen molar-refractivity contribution >= 4 is 34.8 Å². The molecule has 2 rings (SSSR count). The first kappa shape index (κ1) is 15.4. The maximum atomic E-state index is 12.4. The Hall–Kier alpha value is -0.970. The molecule has 1 amide bonds.